The normalized spacial score (nSPS) is 9.68. The van der Waals surface area contributed by atoms with Crippen molar-refractivity contribution in [1.82, 2.24) is 0 Å². The van der Waals surface area contributed by atoms with E-state index < -0.39 is 5.91 Å². The third-order valence-corrected chi connectivity index (χ3v) is 3.57. The quantitative estimate of drug-likeness (QED) is 0.876. The largest absolute Gasteiger partial charge is 0.370 e. The number of primary amides is 1. The van der Waals surface area contributed by atoms with Gasteiger partial charge in [0, 0.05) is 24.2 Å². The number of amides is 2. The molecule has 2 aromatic carbocycles. The van der Waals surface area contributed by atoms with Crippen LogP contribution in [0.2, 0.25) is 0 Å². The molecule has 25 heavy (non-hydrogen) atoms. The highest BCUT2D eigenvalue weighted by molar-refractivity contribution is 6.00. The topological polar surface area (TPSA) is 111 Å². The van der Waals surface area contributed by atoms with Gasteiger partial charge < -0.3 is 5.73 Å². The van der Waals surface area contributed by atoms with E-state index in [1.165, 1.54) is 4.90 Å². The second-order valence-electron chi connectivity index (χ2n) is 5.37. The van der Waals surface area contributed by atoms with Crippen molar-refractivity contribution < 1.29 is 9.59 Å². The molecule has 0 atom stereocenters. The van der Waals surface area contributed by atoms with Gasteiger partial charge in [0.1, 0.15) is 0 Å². The molecule has 0 radical (unpaired) electrons. The van der Waals surface area contributed by atoms with Crippen LogP contribution in [0.4, 0.5) is 11.4 Å². The predicted octanol–water partition coefficient (Wildman–Crippen LogP) is 2.75. The molecule has 124 valence electrons. The van der Waals surface area contributed by atoms with E-state index in [1.807, 2.05) is 12.1 Å². The van der Waals surface area contributed by atoms with Gasteiger partial charge in [-0.3, -0.25) is 14.5 Å². The first-order valence-corrected chi connectivity index (χ1v) is 7.66. The van der Waals surface area contributed by atoms with Crippen LogP contribution in [0.1, 0.15) is 30.4 Å². The molecule has 6 heteroatoms. The van der Waals surface area contributed by atoms with Crippen LogP contribution in [0.25, 0.3) is 0 Å². The molecule has 2 amide bonds. The molecule has 0 spiro atoms. The molecular weight excluding hydrogens is 316 g/mol. The van der Waals surface area contributed by atoms with Crippen LogP contribution in [-0.2, 0) is 9.59 Å². The molecule has 0 aliphatic rings. The molecule has 0 fully saturated rings. The number of carbonyl (C=O) groups excluding carboxylic acids is 2. The van der Waals surface area contributed by atoms with Gasteiger partial charge in [-0.1, -0.05) is 0 Å². The monoisotopic (exact) mass is 332 g/mol. The minimum atomic E-state index is -0.448. The molecule has 0 heterocycles. The maximum atomic E-state index is 12.7. The number of nitrogens with two attached hydrogens (primary N) is 1. The zero-order valence-corrected chi connectivity index (χ0v) is 13.5. The fraction of sp³-hybridized carbons (Fsp3) is 0.158. The van der Waals surface area contributed by atoms with Gasteiger partial charge >= 0.3 is 0 Å². The Labute approximate surface area is 145 Å². The number of rotatable bonds is 6. The summed E-state index contributed by atoms with van der Waals surface area (Å²) >= 11 is 0. The standard InChI is InChI=1S/C19H16N4O2/c20-12-14-4-8-16(9-5-14)23(19(25)3-1-2-18(22)24)17-10-6-15(13-21)7-11-17/h4-11H,1-3H2,(H2,22,24). The van der Waals surface area contributed by atoms with Gasteiger partial charge in [0.25, 0.3) is 0 Å². The van der Waals surface area contributed by atoms with E-state index in [0.717, 1.165) is 0 Å². The molecule has 2 aromatic rings. The number of hydrogen-bond donors (Lipinski definition) is 1. The third kappa shape index (κ3) is 4.66. The smallest absolute Gasteiger partial charge is 0.231 e. The van der Waals surface area contributed by atoms with Gasteiger partial charge in [0.2, 0.25) is 11.8 Å². The van der Waals surface area contributed by atoms with Gasteiger partial charge in [-0.2, -0.15) is 10.5 Å². The van der Waals surface area contributed by atoms with Crippen molar-refractivity contribution in [1.29, 1.82) is 10.5 Å². The third-order valence-electron chi connectivity index (χ3n) is 3.57. The van der Waals surface area contributed by atoms with E-state index in [4.69, 9.17) is 16.3 Å². The summed E-state index contributed by atoms with van der Waals surface area (Å²) in [5.41, 5.74) is 7.31. The number of hydrogen-bond acceptors (Lipinski definition) is 4. The lowest BCUT2D eigenvalue weighted by atomic mass is 10.1. The first kappa shape index (κ1) is 17.7. The lowest BCUT2D eigenvalue weighted by molar-refractivity contribution is -0.119. The molecule has 0 aliphatic heterocycles. The average molecular weight is 332 g/mol. The molecular formula is C19H16N4O2. The number of nitriles is 2. The molecule has 2 rings (SSSR count). The SMILES string of the molecule is N#Cc1ccc(N(C(=O)CCCC(N)=O)c2ccc(C#N)cc2)cc1. The van der Waals surface area contributed by atoms with Crippen LogP contribution in [0.5, 0.6) is 0 Å². The molecule has 0 unspecified atom stereocenters. The predicted molar refractivity (Wildman–Crippen MR) is 92.5 cm³/mol. The van der Waals surface area contributed by atoms with E-state index >= 15 is 0 Å². The van der Waals surface area contributed by atoms with Crippen molar-refractivity contribution in [3.8, 4) is 12.1 Å². The van der Waals surface area contributed by atoms with Crippen molar-refractivity contribution in [2.24, 2.45) is 5.73 Å². The maximum absolute atomic E-state index is 12.7. The molecule has 0 aliphatic carbocycles. The molecule has 6 nitrogen and oxygen atoms in total. The Morgan fingerprint density at radius 3 is 1.64 bits per heavy atom. The molecule has 0 saturated heterocycles. The second-order valence-corrected chi connectivity index (χ2v) is 5.37. The van der Waals surface area contributed by atoms with E-state index in [0.29, 0.717) is 28.9 Å². The van der Waals surface area contributed by atoms with Gasteiger partial charge in [-0.15, -0.1) is 0 Å². The van der Waals surface area contributed by atoms with Crippen LogP contribution < -0.4 is 10.6 Å². The Bertz CT molecular complexity index is 785. The second kappa shape index (κ2) is 8.28. The zero-order chi connectivity index (χ0) is 18.2. The van der Waals surface area contributed by atoms with Gasteiger partial charge in [-0.05, 0) is 55.0 Å². The van der Waals surface area contributed by atoms with Crippen molar-refractivity contribution in [3.05, 3.63) is 59.7 Å². The minimum Gasteiger partial charge on any atom is -0.370 e. The Kier molecular flexibility index (Phi) is 5.86. The highest BCUT2D eigenvalue weighted by atomic mass is 16.2. The summed E-state index contributed by atoms with van der Waals surface area (Å²) in [5.74, 6) is -0.647. The van der Waals surface area contributed by atoms with Crippen LogP contribution in [0, 0.1) is 22.7 Å². The van der Waals surface area contributed by atoms with E-state index in [2.05, 4.69) is 0 Å². The lowest BCUT2D eigenvalue weighted by Crippen LogP contribution is -2.26. The highest BCUT2D eigenvalue weighted by Crippen LogP contribution is 2.27. The molecule has 0 aromatic heterocycles. The lowest BCUT2D eigenvalue weighted by Gasteiger charge is -2.23. The average Bonchev–Trinajstić information content (AvgIpc) is 2.63. The van der Waals surface area contributed by atoms with Crippen LogP contribution in [-0.4, -0.2) is 11.8 Å². The Morgan fingerprint density at radius 1 is 0.840 bits per heavy atom. The molecule has 0 bridgehead atoms. The first-order valence-electron chi connectivity index (χ1n) is 7.66. The Balaban J connectivity index is 2.32. The van der Waals surface area contributed by atoms with Crippen molar-refractivity contribution >= 4 is 23.2 Å². The van der Waals surface area contributed by atoms with Gasteiger partial charge in [0.15, 0.2) is 0 Å². The Hall–Kier alpha value is -3.64. The van der Waals surface area contributed by atoms with Gasteiger partial charge in [0.05, 0.1) is 23.3 Å². The number of benzene rings is 2. The summed E-state index contributed by atoms with van der Waals surface area (Å²) in [7, 11) is 0. The van der Waals surface area contributed by atoms with Crippen LogP contribution >= 0.6 is 0 Å². The van der Waals surface area contributed by atoms with Crippen molar-refractivity contribution in [2.75, 3.05) is 4.90 Å². The zero-order valence-electron chi connectivity index (χ0n) is 13.5. The van der Waals surface area contributed by atoms with Crippen LogP contribution in [0.15, 0.2) is 48.5 Å². The summed E-state index contributed by atoms with van der Waals surface area (Å²) in [6.07, 6.45) is 0.653. The van der Waals surface area contributed by atoms with E-state index in [1.54, 1.807) is 48.5 Å². The van der Waals surface area contributed by atoms with Crippen molar-refractivity contribution in [3.63, 3.8) is 0 Å². The van der Waals surface area contributed by atoms with Gasteiger partial charge in [-0.25, -0.2) is 0 Å². The first-order chi connectivity index (χ1) is 12.0. The minimum absolute atomic E-state index is 0.139. The van der Waals surface area contributed by atoms with E-state index in [9.17, 15) is 9.59 Å². The van der Waals surface area contributed by atoms with Crippen LogP contribution in [0.3, 0.4) is 0 Å². The maximum Gasteiger partial charge on any atom is 0.231 e. The van der Waals surface area contributed by atoms with Crippen molar-refractivity contribution in [2.45, 2.75) is 19.3 Å². The summed E-state index contributed by atoms with van der Waals surface area (Å²) < 4.78 is 0. The summed E-state index contributed by atoms with van der Waals surface area (Å²) in [5, 5.41) is 17.8. The molecule has 0 saturated carbocycles. The van der Waals surface area contributed by atoms with E-state index in [-0.39, 0.29) is 18.7 Å². The highest BCUT2D eigenvalue weighted by Gasteiger charge is 2.18. The number of anilines is 2. The fourth-order valence-electron chi connectivity index (χ4n) is 2.33. The Morgan fingerprint density at radius 2 is 1.28 bits per heavy atom. The fourth-order valence-corrected chi connectivity index (χ4v) is 2.33. The number of nitrogens with zero attached hydrogens (tertiary/aromatic N) is 3. The summed E-state index contributed by atoms with van der Waals surface area (Å²) in [6, 6.07) is 17.3. The molecule has 2 N–H and O–H groups in total. The summed E-state index contributed by atoms with van der Waals surface area (Å²) in [6.45, 7) is 0. The number of carbonyl (C=O) groups is 2. The summed E-state index contributed by atoms with van der Waals surface area (Å²) in [4.78, 5) is 25.0.